The van der Waals surface area contributed by atoms with Gasteiger partial charge in [-0.1, -0.05) is 54.9 Å². The standard InChI is InChI=1S/C23H23ClN2O3S/c1-3-26(30(28,29)21-7-5-4-6-8-21)16-18-10-12-19(13-11-18)23(27)25-20-14-9-17(2)22(24)15-20/h4-15H,3,16H2,1-2H3,(H,25,27). The van der Waals surface area contributed by atoms with Gasteiger partial charge in [-0.15, -0.1) is 0 Å². The Morgan fingerprint density at radius 2 is 1.67 bits per heavy atom. The molecule has 0 saturated heterocycles. The van der Waals surface area contributed by atoms with Crippen LogP contribution in [0.15, 0.2) is 77.7 Å². The number of halogens is 1. The third-order valence-electron chi connectivity index (χ3n) is 4.74. The molecule has 0 heterocycles. The molecule has 1 amide bonds. The molecule has 7 heteroatoms. The van der Waals surface area contributed by atoms with E-state index in [1.807, 2.05) is 13.0 Å². The van der Waals surface area contributed by atoms with Crippen LogP contribution in [0.25, 0.3) is 0 Å². The second kappa shape index (κ2) is 9.43. The van der Waals surface area contributed by atoms with E-state index < -0.39 is 10.0 Å². The lowest BCUT2D eigenvalue weighted by Crippen LogP contribution is -2.30. The molecule has 30 heavy (non-hydrogen) atoms. The monoisotopic (exact) mass is 442 g/mol. The van der Waals surface area contributed by atoms with Gasteiger partial charge >= 0.3 is 0 Å². The van der Waals surface area contributed by atoms with Crippen LogP contribution in [0.3, 0.4) is 0 Å². The van der Waals surface area contributed by atoms with Gasteiger partial charge in [0.05, 0.1) is 4.90 Å². The summed E-state index contributed by atoms with van der Waals surface area (Å²) < 4.78 is 27.1. The van der Waals surface area contributed by atoms with Crippen LogP contribution >= 0.6 is 11.6 Å². The first-order valence-electron chi connectivity index (χ1n) is 9.53. The van der Waals surface area contributed by atoms with Crippen molar-refractivity contribution >= 4 is 33.2 Å². The van der Waals surface area contributed by atoms with Crippen molar-refractivity contribution in [2.45, 2.75) is 25.3 Å². The van der Waals surface area contributed by atoms with Gasteiger partial charge < -0.3 is 5.32 Å². The number of carbonyl (C=O) groups is 1. The minimum Gasteiger partial charge on any atom is -0.322 e. The topological polar surface area (TPSA) is 66.5 Å². The van der Waals surface area contributed by atoms with Crippen LogP contribution in [-0.4, -0.2) is 25.2 Å². The van der Waals surface area contributed by atoms with E-state index in [2.05, 4.69) is 5.32 Å². The first kappa shape index (κ1) is 22.0. The van der Waals surface area contributed by atoms with Crippen LogP contribution in [0.1, 0.15) is 28.4 Å². The normalized spacial score (nSPS) is 11.5. The third kappa shape index (κ3) is 5.08. The Kier molecular flexibility index (Phi) is 6.92. The summed E-state index contributed by atoms with van der Waals surface area (Å²) in [5.74, 6) is -0.259. The Labute approximate surface area is 182 Å². The number of nitrogens with zero attached hydrogens (tertiary/aromatic N) is 1. The summed E-state index contributed by atoms with van der Waals surface area (Å²) in [6.45, 7) is 4.26. The van der Waals surface area contributed by atoms with Gasteiger partial charge in [0.1, 0.15) is 0 Å². The van der Waals surface area contributed by atoms with Crippen molar-refractivity contribution in [3.05, 3.63) is 94.5 Å². The molecule has 5 nitrogen and oxygen atoms in total. The maximum Gasteiger partial charge on any atom is 0.255 e. The smallest absolute Gasteiger partial charge is 0.255 e. The molecule has 0 aliphatic carbocycles. The van der Waals surface area contributed by atoms with E-state index in [1.54, 1.807) is 73.7 Å². The Bertz CT molecular complexity index is 1130. The van der Waals surface area contributed by atoms with Gasteiger partial charge in [0.2, 0.25) is 10.0 Å². The molecule has 0 aromatic heterocycles. The lowest BCUT2D eigenvalue weighted by Gasteiger charge is -2.20. The van der Waals surface area contributed by atoms with Crippen molar-refractivity contribution in [1.29, 1.82) is 0 Å². The number of amides is 1. The molecular weight excluding hydrogens is 420 g/mol. The van der Waals surface area contributed by atoms with Crippen molar-refractivity contribution in [3.63, 3.8) is 0 Å². The highest BCUT2D eigenvalue weighted by Crippen LogP contribution is 2.21. The van der Waals surface area contributed by atoms with E-state index in [9.17, 15) is 13.2 Å². The molecule has 0 fully saturated rings. The van der Waals surface area contributed by atoms with E-state index in [1.165, 1.54) is 4.31 Å². The van der Waals surface area contributed by atoms with Gasteiger partial charge in [0, 0.05) is 29.4 Å². The number of rotatable bonds is 7. The molecule has 0 bridgehead atoms. The molecule has 3 rings (SSSR count). The predicted octanol–water partition coefficient (Wildman–Crippen LogP) is 5.11. The first-order chi connectivity index (χ1) is 14.3. The fourth-order valence-corrected chi connectivity index (χ4v) is 4.59. The van der Waals surface area contributed by atoms with E-state index >= 15 is 0 Å². The van der Waals surface area contributed by atoms with Gasteiger partial charge in [-0.05, 0) is 54.4 Å². The minimum atomic E-state index is -3.58. The average Bonchev–Trinajstić information content (AvgIpc) is 2.75. The van der Waals surface area contributed by atoms with E-state index in [0.29, 0.717) is 22.8 Å². The van der Waals surface area contributed by atoms with Gasteiger partial charge in [-0.3, -0.25) is 4.79 Å². The maximum atomic E-state index is 12.8. The molecule has 0 saturated carbocycles. The summed E-state index contributed by atoms with van der Waals surface area (Å²) in [6, 6.07) is 20.6. The molecule has 0 aliphatic rings. The van der Waals surface area contributed by atoms with Crippen molar-refractivity contribution in [2.24, 2.45) is 0 Å². The summed E-state index contributed by atoms with van der Waals surface area (Å²) >= 11 is 6.10. The second-order valence-corrected chi connectivity index (χ2v) is 9.20. The molecule has 3 aromatic rings. The number of benzene rings is 3. The van der Waals surface area contributed by atoms with Gasteiger partial charge in [0.25, 0.3) is 5.91 Å². The summed E-state index contributed by atoms with van der Waals surface area (Å²) in [6.07, 6.45) is 0. The largest absolute Gasteiger partial charge is 0.322 e. The third-order valence-corrected chi connectivity index (χ3v) is 7.08. The fourth-order valence-electron chi connectivity index (χ4n) is 2.95. The Balaban J connectivity index is 1.71. The highest BCUT2D eigenvalue weighted by atomic mass is 35.5. The minimum absolute atomic E-state index is 0.225. The summed E-state index contributed by atoms with van der Waals surface area (Å²) in [4.78, 5) is 12.7. The molecule has 3 aromatic carbocycles. The lowest BCUT2D eigenvalue weighted by molar-refractivity contribution is 0.102. The van der Waals surface area contributed by atoms with E-state index in [0.717, 1.165) is 11.1 Å². The molecule has 0 radical (unpaired) electrons. The predicted molar refractivity (Wildman–Crippen MR) is 120 cm³/mol. The summed E-state index contributed by atoms with van der Waals surface area (Å²) in [5.41, 5.74) is 2.83. The van der Waals surface area contributed by atoms with Crippen molar-refractivity contribution in [2.75, 3.05) is 11.9 Å². The van der Waals surface area contributed by atoms with Crippen LogP contribution in [0.4, 0.5) is 5.69 Å². The Hall–Kier alpha value is -2.67. The number of carbonyl (C=O) groups excluding carboxylic acids is 1. The van der Waals surface area contributed by atoms with Gasteiger partial charge in [0.15, 0.2) is 0 Å². The quantitative estimate of drug-likeness (QED) is 0.552. The molecule has 0 aliphatic heterocycles. The number of hydrogen-bond acceptors (Lipinski definition) is 3. The second-order valence-electron chi connectivity index (χ2n) is 6.86. The maximum absolute atomic E-state index is 12.8. The molecule has 1 N–H and O–H groups in total. The summed E-state index contributed by atoms with van der Waals surface area (Å²) in [5, 5.41) is 3.40. The highest BCUT2D eigenvalue weighted by Gasteiger charge is 2.23. The number of aryl methyl sites for hydroxylation is 1. The van der Waals surface area contributed by atoms with Crippen molar-refractivity contribution in [1.82, 2.24) is 4.31 Å². The van der Waals surface area contributed by atoms with E-state index in [4.69, 9.17) is 11.6 Å². The van der Waals surface area contributed by atoms with E-state index in [-0.39, 0.29) is 17.3 Å². The highest BCUT2D eigenvalue weighted by molar-refractivity contribution is 7.89. The Morgan fingerprint density at radius 1 is 1.00 bits per heavy atom. The number of anilines is 1. The van der Waals surface area contributed by atoms with Crippen LogP contribution in [0.2, 0.25) is 5.02 Å². The van der Waals surface area contributed by atoms with Gasteiger partial charge in [-0.25, -0.2) is 8.42 Å². The zero-order valence-corrected chi connectivity index (χ0v) is 18.4. The average molecular weight is 443 g/mol. The van der Waals surface area contributed by atoms with Crippen molar-refractivity contribution < 1.29 is 13.2 Å². The molecule has 0 unspecified atom stereocenters. The van der Waals surface area contributed by atoms with Gasteiger partial charge in [-0.2, -0.15) is 4.31 Å². The number of nitrogens with one attached hydrogen (secondary N) is 1. The van der Waals surface area contributed by atoms with Crippen LogP contribution < -0.4 is 5.32 Å². The fraction of sp³-hybridized carbons (Fsp3) is 0.174. The van der Waals surface area contributed by atoms with Crippen LogP contribution in [-0.2, 0) is 16.6 Å². The molecule has 0 spiro atoms. The Morgan fingerprint density at radius 3 is 2.27 bits per heavy atom. The molecule has 156 valence electrons. The van der Waals surface area contributed by atoms with Crippen LogP contribution in [0.5, 0.6) is 0 Å². The summed E-state index contributed by atoms with van der Waals surface area (Å²) in [7, 11) is -3.58. The first-order valence-corrected chi connectivity index (χ1v) is 11.3. The molecule has 0 atom stereocenters. The zero-order valence-electron chi connectivity index (χ0n) is 16.8. The lowest BCUT2D eigenvalue weighted by atomic mass is 10.1. The molecular formula is C23H23ClN2O3S. The van der Waals surface area contributed by atoms with Crippen LogP contribution in [0, 0.1) is 6.92 Å². The zero-order chi connectivity index (χ0) is 21.7. The SMILES string of the molecule is CCN(Cc1ccc(C(=O)Nc2ccc(C)c(Cl)c2)cc1)S(=O)(=O)c1ccccc1. The van der Waals surface area contributed by atoms with Crippen molar-refractivity contribution in [3.8, 4) is 0 Å². The number of sulfonamides is 1. The number of hydrogen-bond donors (Lipinski definition) is 1.